The zero-order valence-electron chi connectivity index (χ0n) is 26.7. The first-order chi connectivity index (χ1) is 18.7. The lowest BCUT2D eigenvalue weighted by molar-refractivity contribution is -0.247. The number of esters is 2. The Bertz CT molecular complexity index is 1070. The maximum atomic E-state index is 12.4. The average molecular weight is 553 g/mol. The van der Waals surface area contributed by atoms with Gasteiger partial charge in [0, 0.05) is 18.4 Å². The van der Waals surface area contributed by atoms with Gasteiger partial charge in [0.1, 0.15) is 6.10 Å². The summed E-state index contributed by atoms with van der Waals surface area (Å²) >= 11 is 0. The smallest absolute Gasteiger partial charge is 0.330 e. The minimum atomic E-state index is -0.198. The van der Waals surface area contributed by atoms with Crippen LogP contribution in [-0.4, -0.2) is 24.6 Å². The lowest BCUT2D eigenvalue weighted by atomic mass is 9.32. The molecule has 0 spiro atoms. The molecular formula is C36H56O4. The van der Waals surface area contributed by atoms with Gasteiger partial charge < -0.3 is 9.47 Å². The fourth-order valence-electron chi connectivity index (χ4n) is 12.3. The lowest BCUT2D eigenvalue weighted by Gasteiger charge is -2.73. The largest absolute Gasteiger partial charge is 0.463 e. The first kappa shape index (κ1) is 29.9. The molecule has 0 aromatic rings. The highest BCUT2D eigenvalue weighted by molar-refractivity contribution is 5.82. The van der Waals surface area contributed by atoms with E-state index in [0.29, 0.717) is 36.2 Å². The Morgan fingerprint density at radius 1 is 0.850 bits per heavy atom. The van der Waals surface area contributed by atoms with E-state index in [1.165, 1.54) is 44.1 Å². The van der Waals surface area contributed by atoms with Gasteiger partial charge in [-0.25, -0.2) is 4.79 Å². The number of carbonyl (C=O) groups is 2. The lowest BCUT2D eigenvalue weighted by Crippen LogP contribution is -2.66. The molecule has 4 nitrogen and oxygen atoms in total. The highest BCUT2D eigenvalue weighted by atomic mass is 16.5. The third-order valence-corrected chi connectivity index (χ3v) is 14.2. The predicted octanol–water partition coefficient (Wildman–Crippen LogP) is 8.70. The Morgan fingerprint density at radius 2 is 1.57 bits per heavy atom. The summed E-state index contributed by atoms with van der Waals surface area (Å²) in [6.07, 6.45) is 16.0. The fourth-order valence-corrected chi connectivity index (χ4v) is 12.3. The summed E-state index contributed by atoms with van der Waals surface area (Å²) in [5.74, 6) is 2.64. The minimum absolute atomic E-state index is 0.00609. The molecule has 5 fully saturated rings. The highest BCUT2D eigenvalue weighted by Crippen LogP contribution is 2.77. The third-order valence-electron chi connectivity index (χ3n) is 14.2. The van der Waals surface area contributed by atoms with Crippen LogP contribution in [0.25, 0.3) is 0 Å². The van der Waals surface area contributed by atoms with E-state index < -0.39 is 0 Å². The van der Waals surface area contributed by atoms with Gasteiger partial charge in [0.25, 0.3) is 0 Å². The van der Waals surface area contributed by atoms with Crippen LogP contribution < -0.4 is 0 Å². The number of fused-ring (bicyclic) bond motifs is 7. The fraction of sp³-hybridized carbons (Fsp3) is 0.833. The van der Waals surface area contributed by atoms with Gasteiger partial charge in [0.05, 0.1) is 6.61 Å². The van der Waals surface area contributed by atoms with Crippen molar-refractivity contribution in [2.24, 2.45) is 56.7 Å². The van der Waals surface area contributed by atoms with Crippen LogP contribution in [0.15, 0.2) is 24.3 Å². The Kier molecular flexibility index (Phi) is 7.48. The molecule has 224 valence electrons. The molecule has 0 unspecified atom stereocenters. The molecule has 5 rings (SSSR count). The molecule has 0 aromatic heterocycles. The quantitative estimate of drug-likeness (QED) is 0.194. The van der Waals surface area contributed by atoms with Crippen molar-refractivity contribution in [3.63, 3.8) is 0 Å². The van der Waals surface area contributed by atoms with E-state index >= 15 is 0 Å². The van der Waals surface area contributed by atoms with Gasteiger partial charge in [0.2, 0.25) is 0 Å². The maximum Gasteiger partial charge on any atom is 0.330 e. The van der Waals surface area contributed by atoms with E-state index in [-0.39, 0.29) is 45.1 Å². The topological polar surface area (TPSA) is 52.6 Å². The van der Waals surface area contributed by atoms with Crippen LogP contribution in [0.3, 0.4) is 0 Å². The van der Waals surface area contributed by atoms with Crippen LogP contribution in [0.4, 0.5) is 0 Å². The molecule has 0 bridgehead atoms. The van der Waals surface area contributed by atoms with Crippen LogP contribution in [0.5, 0.6) is 0 Å². The number of allylic oxidation sites excluding steroid dienone is 2. The average Bonchev–Trinajstić information content (AvgIpc) is 3.25. The van der Waals surface area contributed by atoms with Gasteiger partial charge in [-0.1, -0.05) is 52.8 Å². The molecular weight excluding hydrogens is 496 g/mol. The number of hydrogen-bond acceptors (Lipinski definition) is 4. The summed E-state index contributed by atoms with van der Waals surface area (Å²) < 4.78 is 11.2. The molecule has 40 heavy (non-hydrogen) atoms. The van der Waals surface area contributed by atoms with Crippen molar-refractivity contribution in [2.45, 2.75) is 126 Å². The first-order valence-corrected chi connectivity index (χ1v) is 16.3. The van der Waals surface area contributed by atoms with Crippen LogP contribution in [0, 0.1) is 56.7 Å². The van der Waals surface area contributed by atoms with E-state index in [0.717, 1.165) is 25.7 Å². The van der Waals surface area contributed by atoms with Crippen LogP contribution in [0.2, 0.25) is 0 Å². The molecule has 5 aliphatic carbocycles. The molecule has 0 radical (unpaired) electrons. The van der Waals surface area contributed by atoms with Crippen LogP contribution in [0.1, 0.15) is 120 Å². The van der Waals surface area contributed by atoms with Crippen molar-refractivity contribution in [1.82, 2.24) is 0 Å². The van der Waals surface area contributed by atoms with E-state index in [9.17, 15) is 9.59 Å². The number of rotatable bonds is 5. The van der Waals surface area contributed by atoms with Crippen molar-refractivity contribution >= 4 is 11.9 Å². The first-order valence-electron chi connectivity index (χ1n) is 16.3. The Morgan fingerprint density at radius 3 is 2.23 bits per heavy atom. The SMILES string of the molecule is C=C(C)[C@@H]1CC[C@]2(/C=C/C(=O)OCC)CC[C@]3(C)[C@H](CC[C@@H]4[C@@]5(C)CC[C@H](OC(C)=O)C(C)(C)[C@@H]5CC[C@]43C)[C@@H]12. The molecule has 10 atom stereocenters. The standard InChI is InChI=1S/C36H56O4/c1-10-39-30(38)16-20-36-19-13-25(23(2)3)31(36)26-11-12-28-33(7)17-15-29(40-24(4)37)32(5,6)27(33)14-18-35(28,9)34(26,8)21-22-36/h16,20,25-29,31H,2,10-15,17-19,21-22H2,1,3-9H3/b20-16+/t25-,26+,27-,28+,29-,31+,33-,34+,35+,36-/m0/s1. The Labute approximate surface area is 244 Å². The van der Waals surface area contributed by atoms with Gasteiger partial charge in [-0.3, -0.25) is 4.79 Å². The second-order valence-electron chi connectivity index (χ2n) is 16.0. The Balaban J connectivity index is 1.49. The van der Waals surface area contributed by atoms with Gasteiger partial charge in [-0.15, -0.1) is 0 Å². The van der Waals surface area contributed by atoms with Crippen molar-refractivity contribution in [3.05, 3.63) is 24.3 Å². The molecule has 0 amide bonds. The van der Waals surface area contributed by atoms with E-state index in [1.807, 2.05) is 6.92 Å². The summed E-state index contributed by atoms with van der Waals surface area (Å²) in [6.45, 7) is 23.3. The predicted molar refractivity (Wildman–Crippen MR) is 160 cm³/mol. The molecule has 0 aromatic carbocycles. The number of hydrogen-bond donors (Lipinski definition) is 0. The molecule has 0 heterocycles. The van der Waals surface area contributed by atoms with E-state index in [2.05, 4.69) is 54.2 Å². The van der Waals surface area contributed by atoms with E-state index in [4.69, 9.17) is 9.47 Å². The van der Waals surface area contributed by atoms with E-state index in [1.54, 1.807) is 13.0 Å². The zero-order valence-corrected chi connectivity index (χ0v) is 26.7. The summed E-state index contributed by atoms with van der Waals surface area (Å²) in [6, 6.07) is 0. The molecule has 0 saturated heterocycles. The normalized spacial score (nSPS) is 47.4. The van der Waals surface area contributed by atoms with Gasteiger partial charge >= 0.3 is 11.9 Å². The number of carbonyl (C=O) groups excluding carboxylic acids is 2. The highest BCUT2D eigenvalue weighted by Gasteiger charge is 2.70. The molecule has 0 N–H and O–H groups in total. The van der Waals surface area contributed by atoms with Gasteiger partial charge in [-0.2, -0.15) is 0 Å². The summed E-state index contributed by atoms with van der Waals surface area (Å²) in [4.78, 5) is 24.4. The second kappa shape index (κ2) is 10.0. The van der Waals surface area contributed by atoms with Crippen molar-refractivity contribution in [3.8, 4) is 0 Å². The molecule has 4 heteroatoms. The maximum absolute atomic E-state index is 12.4. The summed E-state index contributed by atoms with van der Waals surface area (Å²) in [5, 5.41) is 0. The Hall–Kier alpha value is -1.58. The molecule has 5 saturated carbocycles. The number of ether oxygens (including phenoxy) is 2. The summed E-state index contributed by atoms with van der Waals surface area (Å²) in [7, 11) is 0. The van der Waals surface area contributed by atoms with Gasteiger partial charge in [-0.05, 0) is 129 Å². The van der Waals surface area contributed by atoms with Crippen molar-refractivity contribution < 1.29 is 19.1 Å². The van der Waals surface area contributed by atoms with Crippen molar-refractivity contribution in [1.29, 1.82) is 0 Å². The monoisotopic (exact) mass is 552 g/mol. The summed E-state index contributed by atoms with van der Waals surface area (Å²) in [5.41, 5.74) is 2.22. The zero-order chi connectivity index (χ0) is 29.3. The van der Waals surface area contributed by atoms with Crippen molar-refractivity contribution in [2.75, 3.05) is 6.61 Å². The van der Waals surface area contributed by atoms with Crippen LogP contribution in [-0.2, 0) is 19.1 Å². The van der Waals surface area contributed by atoms with Crippen LogP contribution >= 0.6 is 0 Å². The molecule has 5 aliphatic rings. The minimum Gasteiger partial charge on any atom is -0.463 e. The second-order valence-corrected chi connectivity index (χ2v) is 16.0. The van der Waals surface area contributed by atoms with Gasteiger partial charge in [0.15, 0.2) is 0 Å². The third kappa shape index (κ3) is 4.19. The molecule has 0 aliphatic heterocycles.